The SMILES string of the molecule is CNC(=O)c1cc(OC2CC(CN)C2)ccn1. The summed E-state index contributed by atoms with van der Waals surface area (Å²) in [6, 6.07) is 3.43. The third kappa shape index (κ3) is 2.74. The van der Waals surface area contributed by atoms with E-state index in [-0.39, 0.29) is 12.0 Å². The lowest BCUT2D eigenvalue weighted by Gasteiger charge is -2.34. The van der Waals surface area contributed by atoms with Crippen LogP contribution in [0.15, 0.2) is 18.3 Å². The second kappa shape index (κ2) is 5.14. The van der Waals surface area contributed by atoms with Gasteiger partial charge < -0.3 is 15.8 Å². The van der Waals surface area contributed by atoms with Gasteiger partial charge in [0.15, 0.2) is 0 Å². The highest BCUT2D eigenvalue weighted by Crippen LogP contribution is 2.30. The lowest BCUT2D eigenvalue weighted by Crippen LogP contribution is -2.37. The summed E-state index contributed by atoms with van der Waals surface area (Å²) < 4.78 is 5.74. The number of nitrogens with zero attached hydrogens (tertiary/aromatic N) is 1. The summed E-state index contributed by atoms with van der Waals surface area (Å²) in [5.41, 5.74) is 5.93. The zero-order chi connectivity index (χ0) is 12.3. The molecule has 17 heavy (non-hydrogen) atoms. The van der Waals surface area contributed by atoms with E-state index in [2.05, 4.69) is 10.3 Å². The van der Waals surface area contributed by atoms with E-state index in [9.17, 15) is 4.79 Å². The highest BCUT2D eigenvalue weighted by atomic mass is 16.5. The lowest BCUT2D eigenvalue weighted by molar-refractivity contribution is 0.0687. The maximum Gasteiger partial charge on any atom is 0.269 e. The molecule has 0 unspecified atom stereocenters. The minimum atomic E-state index is -0.205. The van der Waals surface area contributed by atoms with Crippen molar-refractivity contribution in [3.8, 4) is 5.75 Å². The van der Waals surface area contributed by atoms with Crippen LogP contribution in [-0.4, -0.2) is 30.6 Å². The van der Waals surface area contributed by atoms with E-state index >= 15 is 0 Å². The van der Waals surface area contributed by atoms with Crippen molar-refractivity contribution in [1.82, 2.24) is 10.3 Å². The summed E-state index contributed by atoms with van der Waals surface area (Å²) in [5, 5.41) is 2.53. The summed E-state index contributed by atoms with van der Waals surface area (Å²) in [4.78, 5) is 15.4. The molecule has 2 rings (SSSR count). The molecule has 0 saturated heterocycles. The zero-order valence-electron chi connectivity index (χ0n) is 9.85. The molecule has 5 nitrogen and oxygen atoms in total. The van der Waals surface area contributed by atoms with Crippen molar-refractivity contribution < 1.29 is 9.53 Å². The van der Waals surface area contributed by atoms with Gasteiger partial charge in [0.2, 0.25) is 0 Å². The molecule has 1 aromatic heterocycles. The van der Waals surface area contributed by atoms with Crippen LogP contribution in [0.25, 0.3) is 0 Å². The van der Waals surface area contributed by atoms with Crippen LogP contribution in [0.4, 0.5) is 0 Å². The van der Waals surface area contributed by atoms with Gasteiger partial charge in [-0.1, -0.05) is 0 Å². The fraction of sp³-hybridized carbons (Fsp3) is 0.500. The highest BCUT2D eigenvalue weighted by Gasteiger charge is 2.29. The molecule has 0 aliphatic heterocycles. The van der Waals surface area contributed by atoms with Crippen LogP contribution in [-0.2, 0) is 0 Å². The monoisotopic (exact) mass is 235 g/mol. The average molecular weight is 235 g/mol. The van der Waals surface area contributed by atoms with Crippen molar-refractivity contribution >= 4 is 5.91 Å². The molecule has 0 aromatic carbocycles. The molecule has 3 N–H and O–H groups in total. The van der Waals surface area contributed by atoms with Crippen LogP contribution < -0.4 is 15.8 Å². The van der Waals surface area contributed by atoms with Gasteiger partial charge in [-0.05, 0) is 31.4 Å². The van der Waals surface area contributed by atoms with Gasteiger partial charge in [-0.15, -0.1) is 0 Å². The molecular formula is C12H17N3O2. The molecule has 1 heterocycles. The highest BCUT2D eigenvalue weighted by molar-refractivity contribution is 5.92. The summed E-state index contributed by atoms with van der Waals surface area (Å²) in [7, 11) is 1.58. The normalized spacial score (nSPS) is 22.7. The van der Waals surface area contributed by atoms with Crippen molar-refractivity contribution in [3.05, 3.63) is 24.0 Å². The van der Waals surface area contributed by atoms with Gasteiger partial charge >= 0.3 is 0 Å². The number of ether oxygens (including phenoxy) is 1. The molecule has 0 spiro atoms. The maximum atomic E-state index is 11.4. The molecule has 1 aromatic rings. The van der Waals surface area contributed by atoms with E-state index < -0.39 is 0 Å². The molecule has 5 heteroatoms. The number of aromatic nitrogens is 1. The Labute approximate surface area is 100 Å². The van der Waals surface area contributed by atoms with E-state index in [0.717, 1.165) is 19.4 Å². The van der Waals surface area contributed by atoms with Crippen LogP contribution in [0.2, 0.25) is 0 Å². The number of nitrogens with one attached hydrogen (secondary N) is 1. The Balaban J connectivity index is 1.95. The van der Waals surface area contributed by atoms with Crippen molar-refractivity contribution in [1.29, 1.82) is 0 Å². The zero-order valence-corrected chi connectivity index (χ0v) is 9.85. The van der Waals surface area contributed by atoms with Crippen molar-refractivity contribution in [3.63, 3.8) is 0 Å². The number of rotatable bonds is 4. The van der Waals surface area contributed by atoms with E-state index in [1.54, 1.807) is 25.4 Å². The summed E-state index contributed by atoms with van der Waals surface area (Å²) >= 11 is 0. The number of amides is 1. The Hall–Kier alpha value is -1.62. The van der Waals surface area contributed by atoms with E-state index in [4.69, 9.17) is 10.5 Å². The van der Waals surface area contributed by atoms with E-state index in [1.165, 1.54) is 0 Å². The van der Waals surface area contributed by atoms with Gasteiger partial charge in [-0.3, -0.25) is 9.78 Å². The molecule has 92 valence electrons. The van der Waals surface area contributed by atoms with E-state index in [1.807, 2.05) is 0 Å². The Morgan fingerprint density at radius 3 is 3.06 bits per heavy atom. The Kier molecular flexibility index (Phi) is 3.58. The number of carbonyl (C=O) groups is 1. The largest absolute Gasteiger partial charge is 0.490 e. The third-order valence-corrected chi connectivity index (χ3v) is 3.02. The predicted octanol–water partition coefficient (Wildman–Crippen LogP) is 0.557. The molecular weight excluding hydrogens is 218 g/mol. The van der Waals surface area contributed by atoms with Crippen LogP contribution in [0, 0.1) is 5.92 Å². The Morgan fingerprint density at radius 1 is 1.65 bits per heavy atom. The van der Waals surface area contributed by atoms with Gasteiger partial charge in [-0.25, -0.2) is 0 Å². The number of nitrogens with two attached hydrogens (primary N) is 1. The first-order valence-corrected chi connectivity index (χ1v) is 5.77. The van der Waals surface area contributed by atoms with Crippen LogP contribution in [0.5, 0.6) is 5.75 Å². The lowest BCUT2D eigenvalue weighted by atomic mass is 9.82. The molecule has 1 fully saturated rings. The second-order valence-electron chi connectivity index (χ2n) is 4.27. The van der Waals surface area contributed by atoms with Gasteiger partial charge in [0, 0.05) is 19.3 Å². The van der Waals surface area contributed by atoms with Crippen LogP contribution in [0.3, 0.4) is 0 Å². The minimum absolute atomic E-state index is 0.205. The molecule has 0 atom stereocenters. The Bertz CT molecular complexity index is 402. The summed E-state index contributed by atoms with van der Waals surface area (Å²) in [6.07, 6.45) is 3.80. The standard InChI is InChI=1S/C12H17N3O2/c1-14-12(16)11-6-9(2-3-15-11)17-10-4-8(5-10)7-13/h2-3,6,8,10H,4-5,7,13H2,1H3,(H,14,16). The second-order valence-corrected chi connectivity index (χ2v) is 4.27. The topological polar surface area (TPSA) is 77.2 Å². The molecule has 0 bridgehead atoms. The molecule has 1 amide bonds. The minimum Gasteiger partial charge on any atom is -0.490 e. The fourth-order valence-electron chi connectivity index (χ4n) is 1.89. The molecule has 0 radical (unpaired) electrons. The molecule has 1 saturated carbocycles. The van der Waals surface area contributed by atoms with Gasteiger partial charge in [0.1, 0.15) is 11.4 Å². The van der Waals surface area contributed by atoms with Gasteiger partial charge in [0.25, 0.3) is 5.91 Å². The maximum absolute atomic E-state index is 11.4. The average Bonchev–Trinajstić information content (AvgIpc) is 2.32. The molecule has 1 aliphatic carbocycles. The fourth-order valence-corrected chi connectivity index (χ4v) is 1.89. The Morgan fingerprint density at radius 2 is 2.41 bits per heavy atom. The van der Waals surface area contributed by atoms with Gasteiger partial charge in [-0.2, -0.15) is 0 Å². The first-order valence-electron chi connectivity index (χ1n) is 5.77. The number of carbonyl (C=O) groups excluding carboxylic acids is 1. The first kappa shape index (κ1) is 11.9. The van der Waals surface area contributed by atoms with Crippen molar-refractivity contribution in [2.45, 2.75) is 18.9 Å². The van der Waals surface area contributed by atoms with Crippen molar-refractivity contribution in [2.75, 3.05) is 13.6 Å². The van der Waals surface area contributed by atoms with Gasteiger partial charge in [0.05, 0.1) is 6.10 Å². The van der Waals surface area contributed by atoms with Crippen LogP contribution in [0.1, 0.15) is 23.3 Å². The smallest absolute Gasteiger partial charge is 0.269 e. The third-order valence-electron chi connectivity index (χ3n) is 3.02. The number of hydrogen-bond acceptors (Lipinski definition) is 4. The number of pyridine rings is 1. The summed E-state index contributed by atoms with van der Waals surface area (Å²) in [6.45, 7) is 0.722. The number of hydrogen-bond donors (Lipinski definition) is 2. The van der Waals surface area contributed by atoms with Crippen LogP contribution >= 0.6 is 0 Å². The van der Waals surface area contributed by atoms with Crippen molar-refractivity contribution in [2.24, 2.45) is 11.7 Å². The predicted molar refractivity (Wildman–Crippen MR) is 63.8 cm³/mol. The molecule has 1 aliphatic rings. The summed E-state index contributed by atoms with van der Waals surface area (Å²) in [5.74, 6) is 1.07. The quantitative estimate of drug-likeness (QED) is 0.799. The first-order chi connectivity index (χ1) is 8.22. The van der Waals surface area contributed by atoms with E-state index in [0.29, 0.717) is 17.4 Å².